The third-order valence-electron chi connectivity index (χ3n) is 2.49. The van der Waals surface area contributed by atoms with Gasteiger partial charge in [0.1, 0.15) is 12.1 Å². The Morgan fingerprint density at radius 3 is 1.90 bits per heavy atom. The van der Waals surface area contributed by atoms with Gasteiger partial charge in [-0.1, -0.05) is 0 Å². The van der Waals surface area contributed by atoms with Crippen molar-refractivity contribution >= 4 is 29.9 Å². The molecule has 0 aromatic rings. The molecular formula is C12H20N4O5. The van der Waals surface area contributed by atoms with Crippen LogP contribution in [-0.2, 0) is 24.0 Å². The maximum absolute atomic E-state index is 11.9. The summed E-state index contributed by atoms with van der Waals surface area (Å²) in [7, 11) is 0. The summed E-state index contributed by atoms with van der Waals surface area (Å²) in [5, 5.41) is 9.47. The van der Waals surface area contributed by atoms with Crippen molar-refractivity contribution in [1.29, 1.82) is 0 Å². The van der Waals surface area contributed by atoms with E-state index in [4.69, 9.17) is 0 Å². The summed E-state index contributed by atoms with van der Waals surface area (Å²) in [5.41, 5.74) is 0. The van der Waals surface area contributed by atoms with Crippen molar-refractivity contribution in [1.82, 2.24) is 21.3 Å². The zero-order valence-electron chi connectivity index (χ0n) is 12.2. The van der Waals surface area contributed by atoms with Crippen LogP contribution < -0.4 is 21.3 Å². The summed E-state index contributed by atoms with van der Waals surface area (Å²) in [4.78, 5) is 55.3. The maximum Gasteiger partial charge on any atom is 0.244 e. The van der Waals surface area contributed by atoms with Crippen molar-refractivity contribution in [3.8, 4) is 0 Å². The normalized spacial score (nSPS) is 12.5. The number of rotatable bonds is 9. The van der Waals surface area contributed by atoms with Gasteiger partial charge in [-0.2, -0.15) is 0 Å². The molecule has 0 radical (unpaired) electrons. The van der Waals surface area contributed by atoms with E-state index in [0.29, 0.717) is 6.41 Å². The topological polar surface area (TPSA) is 133 Å². The van der Waals surface area contributed by atoms with Gasteiger partial charge in [-0.25, -0.2) is 0 Å². The lowest BCUT2D eigenvalue weighted by Crippen LogP contribution is -2.54. The third kappa shape index (κ3) is 8.35. The van der Waals surface area contributed by atoms with Crippen LogP contribution in [0.5, 0.6) is 0 Å². The number of hydrogen-bond donors (Lipinski definition) is 4. The zero-order valence-corrected chi connectivity index (χ0v) is 12.2. The van der Waals surface area contributed by atoms with Crippen molar-refractivity contribution in [2.24, 2.45) is 0 Å². The molecule has 0 saturated carbocycles. The highest BCUT2D eigenvalue weighted by molar-refractivity contribution is 5.89. The smallest absolute Gasteiger partial charge is 0.244 e. The molecule has 0 saturated heterocycles. The SMILES string of the molecule is CC(=O)NCC(NC=O)C(=O)NCC(NC(C)=O)C(C)=O. The van der Waals surface area contributed by atoms with Gasteiger partial charge in [0, 0.05) is 26.9 Å². The molecule has 0 bridgehead atoms. The first-order valence-corrected chi connectivity index (χ1v) is 6.27. The monoisotopic (exact) mass is 300 g/mol. The van der Waals surface area contributed by atoms with Crippen LogP contribution in [0.3, 0.4) is 0 Å². The van der Waals surface area contributed by atoms with E-state index in [-0.39, 0.29) is 24.8 Å². The fourth-order valence-electron chi connectivity index (χ4n) is 1.42. The lowest BCUT2D eigenvalue weighted by molar-refractivity contribution is -0.128. The molecule has 9 nitrogen and oxygen atoms in total. The summed E-state index contributed by atoms with van der Waals surface area (Å²) in [6.45, 7) is 3.63. The summed E-state index contributed by atoms with van der Waals surface area (Å²) in [5.74, 6) is -1.63. The molecule has 0 rings (SSSR count). The second-order valence-corrected chi connectivity index (χ2v) is 4.38. The molecule has 0 fully saturated rings. The Morgan fingerprint density at radius 1 is 0.905 bits per heavy atom. The Labute approximate surface area is 122 Å². The van der Waals surface area contributed by atoms with Crippen LogP contribution in [-0.4, -0.2) is 55.1 Å². The van der Waals surface area contributed by atoms with E-state index >= 15 is 0 Å². The van der Waals surface area contributed by atoms with Crippen LogP contribution in [0.4, 0.5) is 0 Å². The molecule has 4 amide bonds. The van der Waals surface area contributed by atoms with E-state index < -0.39 is 23.9 Å². The molecule has 4 N–H and O–H groups in total. The van der Waals surface area contributed by atoms with Gasteiger partial charge in [0.15, 0.2) is 5.78 Å². The van der Waals surface area contributed by atoms with Gasteiger partial charge >= 0.3 is 0 Å². The predicted molar refractivity (Wildman–Crippen MR) is 73.0 cm³/mol. The fraction of sp³-hybridized carbons (Fsp3) is 0.583. The average Bonchev–Trinajstić information content (AvgIpc) is 2.38. The summed E-state index contributed by atoms with van der Waals surface area (Å²) >= 11 is 0. The van der Waals surface area contributed by atoms with E-state index in [9.17, 15) is 24.0 Å². The van der Waals surface area contributed by atoms with E-state index in [1.165, 1.54) is 20.8 Å². The Hall–Kier alpha value is -2.45. The second-order valence-electron chi connectivity index (χ2n) is 4.38. The minimum absolute atomic E-state index is 0.0786. The van der Waals surface area contributed by atoms with Crippen LogP contribution in [0.15, 0.2) is 0 Å². The molecule has 21 heavy (non-hydrogen) atoms. The summed E-state index contributed by atoms with van der Waals surface area (Å²) < 4.78 is 0. The Morgan fingerprint density at radius 2 is 1.48 bits per heavy atom. The average molecular weight is 300 g/mol. The van der Waals surface area contributed by atoms with E-state index in [2.05, 4.69) is 21.3 Å². The largest absolute Gasteiger partial charge is 0.354 e. The molecule has 118 valence electrons. The molecule has 9 heteroatoms. The lowest BCUT2D eigenvalue weighted by atomic mass is 10.2. The van der Waals surface area contributed by atoms with Crippen LogP contribution in [0.2, 0.25) is 0 Å². The minimum atomic E-state index is -0.962. The molecule has 0 aliphatic carbocycles. The fourth-order valence-corrected chi connectivity index (χ4v) is 1.42. The highest BCUT2D eigenvalue weighted by Gasteiger charge is 2.21. The third-order valence-corrected chi connectivity index (χ3v) is 2.49. The van der Waals surface area contributed by atoms with Crippen LogP contribution >= 0.6 is 0 Å². The van der Waals surface area contributed by atoms with Crippen LogP contribution in [0.1, 0.15) is 20.8 Å². The highest BCUT2D eigenvalue weighted by atomic mass is 16.2. The van der Waals surface area contributed by atoms with Gasteiger partial charge in [-0.3, -0.25) is 24.0 Å². The van der Waals surface area contributed by atoms with Gasteiger partial charge < -0.3 is 21.3 Å². The van der Waals surface area contributed by atoms with Crippen molar-refractivity contribution in [3.05, 3.63) is 0 Å². The quantitative estimate of drug-likeness (QED) is 0.348. The number of amides is 4. The van der Waals surface area contributed by atoms with Crippen LogP contribution in [0.25, 0.3) is 0 Å². The molecule has 0 aromatic heterocycles. The van der Waals surface area contributed by atoms with E-state index in [1.807, 2.05) is 0 Å². The first-order valence-electron chi connectivity index (χ1n) is 6.27. The molecule has 0 aliphatic rings. The minimum Gasteiger partial charge on any atom is -0.354 e. The van der Waals surface area contributed by atoms with Gasteiger partial charge in [0.05, 0.1) is 0 Å². The second kappa shape index (κ2) is 9.45. The van der Waals surface area contributed by atoms with Gasteiger partial charge in [0.25, 0.3) is 0 Å². The van der Waals surface area contributed by atoms with Gasteiger partial charge in [-0.15, -0.1) is 0 Å². The van der Waals surface area contributed by atoms with Crippen molar-refractivity contribution < 1.29 is 24.0 Å². The molecule has 0 spiro atoms. The van der Waals surface area contributed by atoms with Crippen molar-refractivity contribution in [2.75, 3.05) is 13.1 Å². The van der Waals surface area contributed by atoms with E-state index in [0.717, 1.165) is 0 Å². The first-order chi connectivity index (χ1) is 9.77. The maximum atomic E-state index is 11.9. The molecule has 0 aliphatic heterocycles. The standard InChI is InChI=1S/C12H20N4O5/c1-7(18)10(16-9(3)20)4-14-12(21)11(15-6-17)5-13-8(2)19/h6,10-11H,4-5H2,1-3H3,(H,13,19)(H,14,21)(H,15,17)(H,16,20). The molecular weight excluding hydrogens is 280 g/mol. The van der Waals surface area contributed by atoms with Crippen molar-refractivity contribution in [3.63, 3.8) is 0 Å². The van der Waals surface area contributed by atoms with Gasteiger partial charge in [-0.05, 0) is 6.92 Å². The number of hydrogen-bond acceptors (Lipinski definition) is 5. The number of nitrogens with one attached hydrogen (secondary N) is 4. The number of carbonyl (C=O) groups is 5. The molecule has 2 unspecified atom stereocenters. The van der Waals surface area contributed by atoms with Gasteiger partial charge in [0.2, 0.25) is 24.1 Å². The summed E-state index contributed by atoms with van der Waals surface area (Å²) in [6, 6.07) is -1.81. The molecule has 2 atom stereocenters. The summed E-state index contributed by atoms with van der Waals surface area (Å²) in [6.07, 6.45) is 0.336. The molecule has 0 aromatic carbocycles. The highest BCUT2D eigenvalue weighted by Crippen LogP contribution is 1.88. The number of carbonyl (C=O) groups excluding carboxylic acids is 5. The Bertz CT molecular complexity index is 424. The number of Topliss-reactive ketones (excluding diaryl/α,β-unsaturated/α-hetero) is 1. The lowest BCUT2D eigenvalue weighted by Gasteiger charge is -2.19. The zero-order chi connectivity index (χ0) is 16.4. The number of ketones is 1. The predicted octanol–water partition coefficient (Wildman–Crippen LogP) is -2.55. The van der Waals surface area contributed by atoms with Crippen molar-refractivity contribution in [2.45, 2.75) is 32.9 Å². The first kappa shape index (κ1) is 18.6. The Kier molecular flexibility index (Phi) is 8.35. The molecule has 0 heterocycles. The van der Waals surface area contributed by atoms with Crippen LogP contribution in [0, 0.1) is 0 Å². The van der Waals surface area contributed by atoms with E-state index in [1.54, 1.807) is 0 Å². The Balaban J connectivity index is 4.51.